The van der Waals surface area contributed by atoms with Crippen LogP contribution in [0.25, 0.3) is 39.6 Å². The van der Waals surface area contributed by atoms with Crippen molar-refractivity contribution in [3.8, 4) is 33.8 Å². The molecular weight excluding hydrogens is 486 g/mol. The maximum absolute atomic E-state index is 5.87. The van der Waals surface area contributed by atoms with Gasteiger partial charge < -0.3 is 20.8 Å². The van der Waals surface area contributed by atoms with Crippen molar-refractivity contribution in [1.29, 1.82) is 0 Å². The smallest absolute Gasteiger partial charge is 0.254 e. The van der Waals surface area contributed by atoms with Gasteiger partial charge in [0.25, 0.3) is 5.78 Å². The Morgan fingerprint density at radius 2 is 1.70 bits per heavy atom. The Labute approximate surface area is 216 Å². The van der Waals surface area contributed by atoms with Crippen LogP contribution in [0.2, 0.25) is 0 Å². The molecule has 0 atom stereocenters. The molecule has 4 N–H and O–H groups in total. The molecule has 0 fully saturated rings. The molecule has 10 nitrogen and oxygen atoms in total. The molecule has 4 heterocycles. The highest BCUT2D eigenvalue weighted by molar-refractivity contribution is 7.80. The van der Waals surface area contributed by atoms with E-state index in [4.69, 9.17) is 22.4 Å². The number of nitrogen functional groups attached to an aromatic ring is 1. The van der Waals surface area contributed by atoms with E-state index in [0.717, 1.165) is 28.1 Å². The number of benzene rings is 2. The summed E-state index contributed by atoms with van der Waals surface area (Å²) in [6.45, 7) is 0. The lowest BCUT2D eigenvalue weighted by molar-refractivity contribution is 0.578. The number of hydrogen-bond donors (Lipinski definition) is 3. The van der Waals surface area contributed by atoms with Gasteiger partial charge in [-0.2, -0.15) is 9.50 Å². The number of nitrogens with two attached hydrogens (primary N) is 1. The van der Waals surface area contributed by atoms with Gasteiger partial charge >= 0.3 is 0 Å². The van der Waals surface area contributed by atoms with Gasteiger partial charge in [0.2, 0.25) is 5.95 Å². The first kappa shape index (κ1) is 22.3. The number of nitrogens with zero attached hydrogens (tertiary/aromatic N) is 6. The van der Waals surface area contributed by atoms with Crippen molar-refractivity contribution in [3.05, 3.63) is 91.3 Å². The average Bonchev–Trinajstić information content (AvgIpc) is 3.56. The average molecular weight is 506 g/mol. The Bertz CT molecular complexity index is 1710. The summed E-state index contributed by atoms with van der Waals surface area (Å²) < 4.78 is 7.43. The van der Waals surface area contributed by atoms with Gasteiger partial charge in [0.15, 0.2) is 16.7 Å². The molecule has 180 valence electrons. The number of rotatable bonds is 5. The summed E-state index contributed by atoms with van der Waals surface area (Å²) in [5, 5.41) is 19.5. The molecule has 4 aromatic heterocycles. The minimum absolute atomic E-state index is 0.131. The number of fused-ring (bicyclic) bond motifs is 1. The zero-order valence-electron chi connectivity index (χ0n) is 19.2. The Morgan fingerprint density at radius 3 is 2.54 bits per heavy atom. The quantitative estimate of drug-likeness (QED) is 0.278. The van der Waals surface area contributed by atoms with E-state index in [1.54, 1.807) is 23.0 Å². The Hall–Kier alpha value is -5.16. The first-order valence-electron chi connectivity index (χ1n) is 11.3. The van der Waals surface area contributed by atoms with Gasteiger partial charge in [0, 0.05) is 28.6 Å². The van der Waals surface area contributed by atoms with Crippen molar-refractivity contribution < 1.29 is 4.42 Å². The summed E-state index contributed by atoms with van der Waals surface area (Å²) in [5.41, 5.74) is 10.7. The largest absolute Gasteiger partial charge is 0.462 e. The second-order valence-corrected chi connectivity index (χ2v) is 8.38. The van der Waals surface area contributed by atoms with Crippen molar-refractivity contribution in [2.75, 3.05) is 16.4 Å². The molecule has 0 bridgehead atoms. The summed E-state index contributed by atoms with van der Waals surface area (Å²) in [5.74, 6) is 1.63. The predicted molar refractivity (Wildman–Crippen MR) is 146 cm³/mol. The lowest BCUT2D eigenvalue weighted by Crippen LogP contribution is -2.20. The fourth-order valence-corrected chi connectivity index (χ4v) is 4.17. The third kappa shape index (κ3) is 4.46. The van der Waals surface area contributed by atoms with Crippen LogP contribution in [0.5, 0.6) is 0 Å². The number of para-hydroxylation sites is 1. The van der Waals surface area contributed by atoms with Crippen LogP contribution in [0.1, 0.15) is 0 Å². The Morgan fingerprint density at radius 1 is 0.865 bits per heavy atom. The monoisotopic (exact) mass is 505 g/mol. The van der Waals surface area contributed by atoms with Crippen molar-refractivity contribution in [3.63, 3.8) is 0 Å². The minimum Gasteiger partial charge on any atom is -0.462 e. The minimum atomic E-state index is 0.131. The third-order valence-corrected chi connectivity index (χ3v) is 5.80. The van der Waals surface area contributed by atoms with Gasteiger partial charge in [-0.15, -0.1) is 15.3 Å². The van der Waals surface area contributed by atoms with Gasteiger partial charge in [0.1, 0.15) is 5.69 Å². The predicted octanol–water partition coefficient (Wildman–Crippen LogP) is 4.90. The number of hydrogen-bond acceptors (Lipinski definition) is 8. The summed E-state index contributed by atoms with van der Waals surface area (Å²) in [7, 11) is 0. The molecular formula is C26H19N9OS. The van der Waals surface area contributed by atoms with E-state index in [2.05, 4.69) is 35.9 Å². The van der Waals surface area contributed by atoms with Crippen molar-refractivity contribution in [2.45, 2.75) is 0 Å². The fraction of sp³-hybridized carbons (Fsp3) is 0. The summed E-state index contributed by atoms with van der Waals surface area (Å²) in [6.07, 6.45) is 3.26. The lowest BCUT2D eigenvalue weighted by atomic mass is 10.0. The highest BCUT2D eigenvalue weighted by atomic mass is 32.1. The number of anilines is 3. The molecule has 6 rings (SSSR count). The molecule has 0 aliphatic rings. The normalized spacial score (nSPS) is 10.9. The Kier molecular flexibility index (Phi) is 5.71. The first-order chi connectivity index (χ1) is 18.2. The van der Waals surface area contributed by atoms with Crippen LogP contribution in [-0.2, 0) is 0 Å². The molecule has 0 radical (unpaired) electrons. The molecule has 0 aliphatic heterocycles. The van der Waals surface area contributed by atoms with Crippen LogP contribution >= 0.6 is 12.2 Å². The molecule has 0 amide bonds. The van der Waals surface area contributed by atoms with Crippen molar-refractivity contribution in [2.24, 2.45) is 0 Å². The molecule has 2 aromatic carbocycles. The van der Waals surface area contributed by atoms with E-state index in [1.807, 2.05) is 72.8 Å². The summed E-state index contributed by atoms with van der Waals surface area (Å²) in [6, 6.07) is 25.0. The molecule has 6 aromatic rings. The Balaban J connectivity index is 1.26. The lowest BCUT2D eigenvalue weighted by Gasteiger charge is -2.14. The van der Waals surface area contributed by atoms with Gasteiger partial charge in [-0.1, -0.05) is 48.5 Å². The number of aromatic nitrogens is 6. The van der Waals surface area contributed by atoms with E-state index >= 15 is 0 Å². The van der Waals surface area contributed by atoms with E-state index in [0.29, 0.717) is 28.2 Å². The van der Waals surface area contributed by atoms with Crippen LogP contribution in [0.15, 0.2) is 95.7 Å². The zero-order valence-corrected chi connectivity index (χ0v) is 20.1. The van der Waals surface area contributed by atoms with Crippen molar-refractivity contribution in [1.82, 2.24) is 29.8 Å². The van der Waals surface area contributed by atoms with E-state index in [1.165, 1.54) is 0 Å². The second-order valence-electron chi connectivity index (χ2n) is 7.97. The van der Waals surface area contributed by atoms with Gasteiger partial charge in [-0.3, -0.25) is 0 Å². The van der Waals surface area contributed by atoms with Gasteiger partial charge in [-0.25, -0.2) is 4.98 Å². The highest BCUT2D eigenvalue weighted by Gasteiger charge is 2.18. The van der Waals surface area contributed by atoms with Crippen molar-refractivity contribution >= 4 is 40.6 Å². The van der Waals surface area contributed by atoms with Crippen LogP contribution in [0, 0.1) is 0 Å². The second kappa shape index (κ2) is 9.47. The first-order valence-corrected chi connectivity index (χ1v) is 11.7. The number of furan rings is 1. The van der Waals surface area contributed by atoms with Crippen LogP contribution < -0.4 is 16.4 Å². The van der Waals surface area contributed by atoms with Crippen LogP contribution in [0.3, 0.4) is 0 Å². The molecule has 0 aliphatic carbocycles. The zero-order chi connectivity index (χ0) is 25.2. The molecule has 37 heavy (non-hydrogen) atoms. The fourth-order valence-electron chi connectivity index (χ4n) is 3.96. The SMILES string of the molecule is Nc1nc2nccc(-c3occc3-c3ccccc3NC(=S)Nc3ccc(-c4ccccc4)nn3)n2n1. The van der Waals surface area contributed by atoms with Crippen LogP contribution in [-0.4, -0.2) is 34.9 Å². The molecule has 11 heteroatoms. The van der Waals surface area contributed by atoms with Gasteiger partial charge in [-0.05, 0) is 42.5 Å². The standard InChI is InChI=1S/C26H19N9OS/c27-24-31-25-28-14-12-21(35(25)34-24)23-18(13-15-36-23)17-8-4-5-9-20(17)29-26(37)30-22-11-10-19(32-33-22)16-6-2-1-3-7-16/h1-15H,(H2,27,34)(H2,29,30,33,37). The molecule has 0 spiro atoms. The van der Waals surface area contributed by atoms with E-state index in [9.17, 15) is 0 Å². The molecule has 0 saturated carbocycles. The van der Waals surface area contributed by atoms with E-state index in [-0.39, 0.29) is 5.95 Å². The summed E-state index contributed by atoms with van der Waals surface area (Å²) >= 11 is 5.57. The highest BCUT2D eigenvalue weighted by Crippen LogP contribution is 2.37. The van der Waals surface area contributed by atoms with Gasteiger partial charge in [0.05, 0.1) is 12.0 Å². The van der Waals surface area contributed by atoms with Crippen LogP contribution in [0.4, 0.5) is 17.5 Å². The number of thiocarbonyl (C=S) groups is 1. The maximum Gasteiger partial charge on any atom is 0.254 e. The maximum atomic E-state index is 5.87. The summed E-state index contributed by atoms with van der Waals surface area (Å²) in [4.78, 5) is 8.35. The molecule has 0 unspecified atom stereocenters. The third-order valence-electron chi connectivity index (χ3n) is 5.60. The topological polar surface area (TPSA) is 132 Å². The number of nitrogens with one attached hydrogen (secondary N) is 2. The molecule has 0 saturated heterocycles. The van der Waals surface area contributed by atoms with E-state index < -0.39 is 0 Å².